The third-order valence-corrected chi connectivity index (χ3v) is 5.03. The summed E-state index contributed by atoms with van der Waals surface area (Å²) in [7, 11) is 6.66. The fraction of sp³-hybridized carbons (Fsp3) is 0.238. The maximum atomic E-state index is 13.3. The van der Waals surface area contributed by atoms with Gasteiger partial charge in [-0.05, 0) is 37.3 Å². The molecule has 4 aromatic rings. The van der Waals surface area contributed by atoms with Crippen LogP contribution in [-0.2, 0) is 7.05 Å². The zero-order chi connectivity index (χ0) is 20.0. The molecule has 0 saturated carbocycles. The van der Waals surface area contributed by atoms with E-state index < -0.39 is 0 Å². The van der Waals surface area contributed by atoms with E-state index in [1.165, 1.54) is 4.68 Å². The van der Waals surface area contributed by atoms with Crippen molar-refractivity contribution in [3.8, 4) is 22.9 Å². The quantitative estimate of drug-likeness (QED) is 0.545. The maximum Gasteiger partial charge on any atom is 0.296 e. The molecule has 0 aliphatic heterocycles. The predicted octanol–water partition coefficient (Wildman–Crippen LogP) is 3.21. The fourth-order valence-electron chi connectivity index (χ4n) is 3.62. The summed E-state index contributed by atoms with van der Waals surface area (Å²) >= 11 is 0. The molecule has 2 aromatic heterocycles. The number of aromatic nitrogens is 3. The number of nitrogens with zero attached hydrogens (tertiary/aromatic N) is 3. The van der Waals surface area contributed by atoms with Gasteiger partial charge < -0.3 is 18.8 Å². The summed E-state index contributed by atoms with van der Waals surface area (Å²) in [4.78, 5) is 13.3. The first-order valence-electron chi connectivity index (χ1n) is 8.78. The number of hydrogen-bond donors (Lipinski definition) is 0. The zero-order valence-electron chi connectivity index (χ0n) is 16.4. The van der Waals surface area contributed by atoms with E-state index in [1.54, 1.807) is 33.5 Å². The molecule has 0 unspecified atom stereocenters. The van der Waals surface area contributed by atoms with Crippen molar-refractivity contribution in [3.05, 3.63) is 52.4 Å². The van der Waals surface area contributed by atoms with Gasteiger partial charge in [0.05, 0.1) is 38.2 Å². The van der Waals surface area contributed by atoms with Crippen molar-refractivity contribution >= 4 is 21.8 Å². The van der Waals surface area contributed by atoms with Crippen LogP contribution < -0.4 is 19.8 Å². The first-order chi connectivity index (χ1) is 13.5. The van der Waals surface area contributed by atoms with Crippen LogP contribution in [0.3, 0.4) is 0 Å². The Labute approximate surface area is 161 Å². The third-order valence-electron chi connectivity index (χ3n) is 5.03. The van der Waals surface area contributed by atoms with Gasteiger partial charge in [0, 0.05) is 23.9 Å². The molecule has 0 aliphatic carbocycles. The van der Waals surface area contributed by atoms with Crippen LogP contribution in [0.1, 0.15) is 5.69 Å². The van der Waals surface area contributed by atoms with Gasteiger partial charge in [-0.2, -0.15) is 9.78 Å². The molecule has 0 bridgehead atoms. The second-order valence-corrected chi connectivity index (χ2v) is 6.51. The Balaban J connectivity index is 2.07. The van der Waals surface area contributed by atoms with E-state index in [0.29, 0.717) is 22.7 Å². The summed E-state index contributed by atoms with van der Waals surface area (Å²) in [6, 6.07) is 11.0. The van der Waals surface area contributed by atoms with Gasteiger partial charge in [0.25, 0.3) is 5.56 Å². The van der Waals surface area contributed by atoms with E-state index in [9.17, 15) is 4.79 Å². The van der Waals surface area contributed by atoms with Gasteiger partial charge in [-0.3, -0.25) is 4.79 Å². The van der Waals surface area contributed by atoms with Gasteiger partial charge in [-0.25, -0.2) is 0 Å². The van der Waals surface area contributed by atoms with Crippen molar-refractivity contribution < 1.29 is 14.2 Å². The van der Waals surface area contributed by atoms with Crippen molar-refractivity contribution in [2.24, 2.45) is 7.05 Å². The van der Waals surface area contributed by atoms with Gasteiger partial charge in [0.15, 0.2) is 11.5 Å². The lowest BCUT2D eigenvalue weighted by atomic mass is 10.1. The molecular formula is C21H21N3O4. The number of fused-ring (bicyclic) bond motifs is 3. The SMILES string of the molecule is COc1ccc(-n2nc(C)c3c4cc(OC)c(OC)cc4n(C)c3c2=O)cc1. The van der Waals surface area contributed by atoms with Gasteiger partial charge in [0.2, 0.25) is 0 Å². The van der Waals surface area contributed by atoms with Crippen LogP contribution in [0, 0.1) is 6.92 Å². The Bertz CT molecular complexity index is 1250. The minimum Gasteiger partial charge on any atom is -0.497 e. The molecule has 0 radical (unpaired) electrons. The van der Waals surface area contributed by atoms with Gasteiger partial charge in [0.1, 0.15) is 11.3 Å². The van der Waals surface area contributed by atoms with E-state index in [2.05, 4.69) is 5.10 Å². The van der Waals surface area contributed by atoms with Crippen LogP contribution in [0.4, 0.5) is 0 Å². The molecule has 7 heteroatoms. The van der Waals surface area contributed by atoms with E-state index in [4.69, 9.17) is 14.2 Å². The number of ether oxygens (including phenoxy) is 3. The number of methoxy groups -OCH3 is 3. The van der Waals surface area contributed by atoms with Crippen LogP contribution in [0.5, 0.6) is 17.2 Å². The molecule has 4 rings (SSSR count). The Morgan fingerprint density at radius 3 is 2.18 bits per heavy atom. The summed E-state index contributed by atoms with van der Waals surface area (Å²) in [5, 5.41) is 6.28. The van der Waals surface area contributed by atoms with Gasteiger partial charge in [-0.1, -0.05) is 0 Å². The summed E-state index contributed by atoms with van der Waals surface area (Å²) < 4.78 is 19.4. The fourth-order valence-corrected chi connectivity index (χ4v) is 3.62. The minimum absolute atomic E-state index is 0.192. The first kappa shape index (κ1) is 17.9. The molecule has 2 heterocycles. The van der Waals surface area contributed by atoms with Crippen LogP contribution >= 0.6 is 0 Å². The summed E-state index contributed by atoms with van der Waals surface area (Å²) in [5.74, 6) is 1.95. The molecule has 144 valence electrons. The molecule has 0 saturated heterocycles. The van der Waals surface area contributed by atoms with E-state index in [1.807, 2.05) is 42.8 Å². The largest absolute Gasteiger partial charge is 0.497 e. The summed E-state index contributed by atoms with van der Waals surface area (Å²) in [6.45, 7) is 1.90. The number of benzene rings is 2. The Morgan fingerprint density at radius 1 is 0.929 bits per heavy atom. The lowest BCUT2D eigenvalue weighted by Gasteiger charge is -2.08. The second-order valence-electron chi connectivity index (χ2n) is 6.51. The average molecular weight is 379 g/mol. The molecule has 7 nitrogen and oxygen atoms in total. The lowest BCUT2D eigenvalue weighted by Crippen LogP contribution is -2.23. The van der Waals surface area contributed by atoms with E-state index in [0.717, 1.165) is 27.7 Å². The van der Waals surface area contributed by atoms with E-state index in [-0.39, 0.29) is 5.56 Å². The molecule has 28 heavy (non-hydrogen) atoms. The molecule has 0 aliphatic rings. The summed E-state index contributed by atoms with van der Waals surface area (Å²) in [6.07, 6.45) is 0. The van der Waals surface area contributed by atoms with Crippen LogP contribution in [-0.4, -0.2) is 35.7 Å². The summed E-state index contributed by atoms with van der Waals surface area (Å²) in [5.41, 5.74) is 2.69. The van der Waals surface area contributed by atoms with Crippen LogP contribution in [0.25, 0.3) is 27.5 Å². The smallest absolute Gasteiger partial charge is 0.296 e. The standard InChI is InChI=1S/C21H21N3O4/c1-12-19-15-10-17(27-4)18(28-5)11-16(15)23(2)20(19)21(25)24(22-12)13-6-8-14(26-3)9-7-13/h6-11H,1-5H3. The number of hydrogen-bond acceptors (Lipinski definition) is 5. The van der Waals surface area contributed by atoms with Crippen molar-refractivity contribution in [1.29, 1.82) is 0 Å². The van der Waals surface area contributed by atoms with Crippen molar-refractivity contribution in [3.63, 3.8) is 0 Å². The van der Waals surface area contributed by atoms with Gasteiger partial charge in [-0.15, -0.1) is 0 Å². The third kappa shape index (κ3) is 2.51. The average Bonchev–Trinajstić information content (AvgIpc) is 3.02. The normalized spacial score (nSPS) is 11.2. The van der Waals surface area contributed by atoms with E-state index >= 15 is 0 Å². The Morgan fingerprint density at radius 2 is 1.57 bits per heavy atom. The van der Waals surface area contributed by atoms with Crippen molar-refractivity contribution in [1.82, 2.24) is 14.3 Å². The lowest BCUT2D eigenvalue weighted by molar-refractivity contribution is 0.356. The molecule has 0 atom stereocenters. The predicted molar refractivity (Wildman–Crippen MR) is 108 cm³/mol. The molecule has 0 N–H and O–H groups in total. The molecule has 0 fully saturated rings. The highest BCUT2D eigenvalue weighted by atomic mass is 16.5. The number of aryl methyl sites for hydroxylation is 2. The van der Waals surface area contributed by atoms with Crippen LogP contribution in [0.15, 0.2) is 41.2 Å². The number of rotatable bonds is 4. The second kappa shape index (κ2) is 6.60. The zero-order valence-corrected chi connectivity index (χ0v) is 16.4. The molecule has 0 spiro atoms. The Kier molecular flexibility index (Phi) is 4.22. The molecule has 0 amide bonds. The van der Waals surface area contributed by atoms with Crippen molar-refractivity contribution in [2.75, 3.05) is 21.3 Å². The molecule has 2 aromatic carbocycles. The Hall–Kier alpha value is -3.48. The molecular weight excluding hydrogens is 358 g/mol. The monoisotopic (exact) mass is 379 g/mol. The van der Waals surface area contributed by atoms with Crippen LogP contribution in [0.2, 0.25) is 0 Å². The van der Waals surface area contributed by atoms with Gasteiger partial charge >= 0.3 is 0 Å². The van der Waals surface area contributed by atoms with Crippen molar-refractivity contribution in [2.45, 2.75) is 6.92 Å². The highest BCUT2D eigenvalue weighted by molar-refractivity contribution is 6.09. The topological polar surface area (TPSA) is 67.5 Å². The first-order valence-corrected chi connectivity index (χ1v) is 8.78. The minimum atomic E-state index is -0.192. The highest BCUT2D eigenvalue weighted by Crippen LogP contribution is 2.37. The maximum absolute atomic E-state index is 13.3. The highest BCUT2D eigenvalue weighted by Gasteiger charge is 2.20.